The van der Waals surface area contributed by atoms with Crippen molar-refractivity contribution in [3.05, 3.63) is 58.9 Å². The Labute approximate surface area is 167 Å². The first-order chi connectivity index (χ1) is 14.0. The third kappa shape index (κ3) is 4.54. The quantitative estimate of drug-likeness (QED) is 0.588. The molecule has 0 spiro atoms. The Morgan fingerprint density at radius 1 is 1.21 bits per heavy atom. The highest BCUT2D eigenvalue weighted by Gasteiger charge is 2.34. The number of carbonyl (C=O) groups excluding carboxylic acids is 1. The van der Waals surface area contributed by atoms with Gasteiger partial charge in [0.25, 0.3) is 5.91 Å². The number of amides is 1. The number of halogens is 3. The molecule has 29 heavy (non-hydrogen) atoms. The van der Waals surface area contributed by atoms with E-state index in [1.54, 1.807) is 11.0 Å². The van der Waals surface area contributed by atoms with Gasteiger partial charge in [0.2, 0.25) is 0 Å². The largest absolute Gasteiger partial charge is 0.395 e. The lowest BCUT2D eigenvalue weighted by Gasteiger charge is -2.41. The number of rotatable bonds is 8. The number of aliphatic hydroxyl groups excluding tert-OH is 1. The second-order valence-electron chi connectivity index (χ2n) is 6.95. The van der Waals surface area contributed by atoms with E-state index in [1.807, 2.05) is 6.92 Å². The van der Waals surface area contributed by atoms with Crippen LogP contribution in [0.15, 0.2) is 30.3 Å². The van der Waals surface area contributed by atoms with Crippen LogP contribution in [0.3, 0.4) is 0 Å². The van der Waals surface area contributed by atoms with Crippen LogP contribution in [0.5, 0.6) is 0 Å². The van der Waals surface area contributed by atoms with E-state index in [-0.39, 0.29) is 29.6 Å². The summed E-state index contributed by atoms with van der Waals surface area (Å²) < 4.78 is 42.8. The molecule has 1 heterocycles. The molecule has 2 aromatic rings. The normalized spacial score (nSPS) is 15.9. The summed E-state index contributed by atoms with van der Waals surface area (Å²) in [7, 11) is 0. The number of carbonyl (C=O) groups is 1. The summed E-state index contributed by atoms with van der Waals surface area (Å²) in [5, 5.41) is 14.4. The Kier molecular flexibility index (Phi) is 6.76. The summed E-state index contributed by atoms with van der Waals surface area (Å²) in [6.07, 6.45) is 1.40. The van der Waals surface area contributed by atoms with E-state index < -0.39 is 23.4 Å². The van der Waals surface area contributed by atoms with Gasteiger partial charge in [-0.15, -0.1) is 0 Å². The zero-order chi connectivity index (χ0) is 21.0. The van der Waals surface area contributed by atoms with Crippen molar-refractivity contribution in [3.8, 4) is 0 Å². The fourth-order valence-electron chi connectivity index (χ4n) is 3.29. The lowest BCUT2D eigenvalue weighted by molar-refractivity contribution is 0.0462. The van der Waals surface area contributed by atoms with Crippen molar-refractivity contribution >= 4 is 17.3 Å². The maximum absolute atomic E-state index is 14.5. The van der Waals surface area contributed by atoms with Crippen LogP contribution in [-0.4, -0.2) is 48.2 Å². The molecule has 1 aliphatic heterocycles. The molecular formula is C21H24F3N3O2. The second-order valence-corrected chi connectivity index (χ2v) is 6.95. The van der Waals surface area contributed by atoms with E-state index >= 15 is 0 Å². The third-order valence-electron chi connectivity index (χ3n) is 5.10. The van der Waals surface area contributed by atoms with Gasteiger partial charge in [-0.2, -0.15) is 0 Å². The highest BCUT2D eigenvalue weighted by Crippen LogP contribution is 2.31. The predicted molar refractivity (Wildman–Crippen MR) is 105 cm³/mol. The number of benzene rings is 2. The Morgan fingerprint density at radius 2 is 2.00 bits per heavy atom. The van der Waals surface area contributed by atoms with Gasteiger partial charge in [-0.3, -0.25) is 4.79 Å². The molecule has 1 fully saturated rings. The van der Waals surface area contributed by atoms with Gasteiger partial charge in [0.05, 0.1) is 23.5 Å². The van der Waals surface area contributed by atoms with E-state index in [9.17, 15) is 18.0 Å². The molecule has 156 valence electrons. The summed E-state index contributed by atoms with van der Waals surface area (Å²) >= 11 is 0. The monoisotopic (exact) mass is 407 g/mol. The molecule has 1 atom stereocenters. The number of hydrogen-bond acceptors (Lipinski definition) is 4. The molecule has 1 aliphatic rings. The molecule has 0 saturated carbocycles. The molecule has 3 rings (SSSR count). The third-order valence-corrected chi connectivity index (χ3v) is 5.10. The number of aryl methyl sites for hydroxylation is 1. The Bertz CT molecular complexity index is 892. The minimum atomic E-state index is -1.23. The van der Waals surface area contributed by atoms with Crippen LogP contribution in [0.2, 0.25) is 0 Å². The Hall–Kier alpha value is -2.58. The van der Waals surface area contributed by atoms with Crippen LogP contribution in [0.25, 0.3) is 0 Å². The van der Waals surface area contributed by atoms with Gasteiger partial charge in [-0.25, -0.2) is 13.2 Å². The van der Waals surface area contributed by atoms with Crippen molar-refractivity contribution in [2.45, 2.75) is 25.8 Å². The smallest absolute Gasteiger partial charge is 0.256 e. The first-order valence-corrected chi connectivity index (χ1v) is 9.62. The van der Waals surface area contributed by atoms with Crippen LogP contribution >= 0.6 is 0 Å². The second kappa shape index (κ2) is 9.28. The SMILES string of the molecule is CCc1ccc(Nc2c(C(=O)N3CCC3CNCCO)ccc(F)c2F)c(F)c1. The highest BCUT2D eigenvalue weighted by molar-refractivity contribution is 6.01. The predicted octanol–water partition coefficient (Wildman–Crippen LogP) is 3.21. The van der Waals surface area contributed by atoms with Gasteiger partial charge in [-0.05, 0) is 42.7 Å². The molecule has 5 nitrogen and oxygen atoms in total. The lowest BCUT2D eigenvalue weighted by atomic mass is 10.00. The van der Waals surface area contributed by atoms with Crippen LogP contribution in [0.1, 0.15) is 29.3 Å². The standard InChI is InChI=1S/C21H24F3N3O2/c1-2-13-3-6-18(17(23)11-13)26-20-15(4-5-16(22)19(20)24)21(29)27-9-7-14(27)12-25-8-10-28/h3-6,11,14,25-26,28H,2,7-10,12H2,1H3. The van der Waals surface area contributed by atoms with Crippen molar-refractivity contribution in [3.63, 3.8) is 0 Å². The molecule has 0 aromatic heterocycles. The van der Waals surface area contributed by atoms with Crippen molar-refractivity contribution < 1.29 is 23.1 Å². The van der Waals surface area contributed by atoms with Gasteiger partial charge in [0.1, 0.15) is 5.82 Å². The van der Waals surface area contributed by atoms with Crippen LogP contribution in [-0.2, 0) is 6.42 Å². The van der Waals surface area contributed by atoms with Crippen molar-refractivity contribution in [1.82, 2.24) is 10.2 Å². The summed E-state index contributed by atoms with van der Waals surface area (Å²) in [4.78, 5) is 14.5. The van der Waals surface area contributed by atoms with Gasteiger partial charge in [0.15, 0.2) is 11.6 Å². The average Bonchev–Trinajstić information content (AvgIpc) is 2.69. The average molecular weight is 407 g/mol. The highest BCUT2D eigenvalue weighted by atomic mass is 19.2. The van der Waals surface area contributed by atoms with E-state index in [1.165, 1.54) is 18.2 Å². The number of anilines is 2. The molecule has 0 aliphatic carbocycles. The van der Waals surface area contributed by atoms with E-state index in [4.69, 9.17) is 5.11 Å². The molecule has 3 N–H and O–H groups in total. The summed E-state index contributed by atoms with van der Waals surface area (Å²) in [6, 6.07) is 6.44. The van der Waals surface area contributed by atoms with E-state index in [0.29, 0.717) is 26.1 Å². The fraction of sp³-hybridized carbons (Fsp3) is 0.381. The molecule has 0 bridgehead atoms. The van der Waals surface area contributed by atoms with Gasteiger partial charge in [0, 0.05) is 25.7 Å². The van der Waals surface area contributed by atoms with Gasteiger partial charge in [-0.1, -0.05) is 13.0 Å². The maximum Gasteiger partial charge on any atom is 0.256 e. The van der Waals surface area contributed by atoms with Crippen LogP contribution in [0, 0.1) is 17.5 Å². The van der Waals surface area contributed by atoms with Crippen LogP contribution < -0.4 is 10.6 Å². The maximum atomic E-state index is 14.5. The lowest BCUT2D eigenvalue weighted by Crippen LogP contribution is -2.55. The first kappa shape index (κ1) is 21.1. The first-order valence-electron chi connectivity index (χ1n) is 9.62. The number of nitrogens with zero attached hydrogens (tertiary/aromatic N) is 1. The summed E-state index contributed by atoms with van der Waals surface area (Å²) in [5.41, 5.74) is 0.287. The van der Waals surface area contributed by atoms with Gasteiger partial charge >= 0.3 is 0 Å². The minimum absolute atomic E-state index is 0.0136. The molecular weight excluding hydrogens is 383 g/mol. The molecule has 0 radical (unpaired) electrons. The number of nitrogens with one attached hydrogen (secondary N) is 2. The summed E-state index contributed by atoms with van der Waals surface area (Å²) in [5.74, 6) is -3.43. The van der Waals surface area contributed by atoms with Gasteiger partial charge < -0.3 is 20.6 Å². The van der Waals surface area contributed by atoms with Crippen molar-refractivity contribution in [1.29, 1.82) is 0 Å². The zero-order valence-corrected chi connectivity index (χ0v) is 16.1. The minimum Gasteiger partial charge on any atom is -0.395 e. The number of likely N-dealkylation sites (tertiary alicyclic amines) is 1. The van der Waals surface area contributed by atoms with Crippen LogP contribution in [0.4, 0.5) is 24.5 Å². The molecule has 1 saturated heterocycles. The topological polar surface area (TPSA) is 64.6 Å². The van der Waals surface area contributed by atoms with Crippen molar-refractivity contribution in [2.75, 3.05) is 31.6 Å². The number of aliphatic hydroxyl groups is 1. The Balaban J connectivity index is 1.87. The fourth-order valence-corrected chi connectivity index (χ4v) is 3.29. The van der Waals surface area contributed by atoms with E-state index in [0.717, 1.165) is 18.1 Å². The molecule has 2 aromatic carbocycles. The van der Waals surface area contributed by atoms with E-state index in [2.05, 4.69) is 10.6 Å². The summed E-state index contributed by atoms with van der Waals surface area (Å²) in [6.45, 7) is 3.25. The number of hydrogen-bond donors (Lipinski definition) is 3. The zero-order valence-electron chi connectivity index (χ0n) is 16.1. The molecule has 1 unspecified atom stereocenters. The van der Waals surface area contributed by atoms with Crippen molar-refractivity contribution in [2.24, 2.45) is 0 Å². The molecule has 8 heteroatoms. The Morgan fingerprint density at radius 3 is 2.62 bits per heavy atom. The molecule has 1 amide bonds.